The van der Waals surface area contributed by atoms with Crippen molar-refractivity contribution in [2.45, 2.75) is 31.3 Å². The molecule has 0 bridgehead atoms. The van der Waals surface area contributed by atoms with Gasteiger partial charge in [-0.3, -0.25) is 18.9 Å². The molecule has 1 aromatic rings. The largest absolute Gasteiger partial charge is 0.349 e. The van der Waals surface area contributed by atoms with Crippen molar-refractivity contribution in [3.63, 3.8) is 0 Å². The van der Waals surface area contributed by atoms with Crippen molar-refractivity contribution in [2.75, 3.05) is 6.61 Å². The number of nitrogens with zero attached hydrogens (tertiary/aromatic N) is 1. The van der Waals surface area contributed by atoms with Crippen molar-refractivity contribution in [3.05, 3.63) is 33.1 Å². The van der Waals surface area contributed by atoms with Crippen LogP contribution >= 0.6 is 8.69 Å². The SMILES string of the molecule is C[C@@]1(F)C[C@@H](COP=O)O[C@H]1n1ccc(=O)[nH]c1=O. The van der Waals surface area contributed by atoms with Crippen LogP contribution in [0.2, 0.25) is 0 Å². The van der Waals surface area contributed by atoms with Crippen LogP contribution in [-0.4, -0.2) is 27.9 Å². The Hall–Kier alpha value is -1.37. The topological polar surface area (TPSA) is 90.4 Å². The summed E-state index contributed by atoms with van der Waals surface area (Å²) in [5.41, 5.74) is -3.11. The molecule has 104 valence electrons. The highest BCUT2D eigenvalue weighted by atomic mass is 31.1. The Kier molecular flexibility index (Phi) is 3.93. The van der Waals surface area contributed by atoms with Crippen molar-refractivity contribution in [1.82, 2.24) is 9.55 Å². The zero-order valence-corrected chi connectivity index (χ0v) is 10.9. The first-order chi connectivity index (χ1) is 8.94. The quantitative estimate of drug-likeness (QED) is 0.827. The Morgan fingerprint density at radius 1 is 1.68 bits per heavy atom. The van der Waals surface area contributed by atoms with Gasteiger partial charge >= 0.3 is 14.4 Å². The summed E-state index contributed by atoms with van der Waals surface area (Å²) in [7, 11) is -0.513. The van der Waals surface area contributed by atoms with E-state index >= 15 is 0 Å². The maximum atomic E-state index is 14.4. The van der Waals surface area contributed by atoms with Gasteiger partial charge in [0.05, 0.1) is 12.7 Å². The van der Waals surface area contributed by atoms with Crippen molar-refractivity contribution in [1.29, 1.82) is 0 Å². The van der Waals surface area contributed by atoms with Crippen molar-refractivity contribution in [2.24, 2.45) is 0 Å². The van der Waals surface area contributed by atoms with E-state index in [1.165, 1.54) is 13.1 Å². The van der Waals surface area contributed by atoms with Crippen LogP contribution < -0.4 is 11.2 Å². The third-order valence-electron chi connectivity index (χ3n) is 2.88. The van der Waals surface area contributed by atoms with Crippen LogP contribution in [0.15, 0.2) is 21.9 Å². The third-order valence-corrected chi connectivity index (χ3v) is 3.13. The fourth-order valence-corrected chi connectivity index (χ4v) is 2.32. The van der Waals surface area contributed by atoms with E-state index in [2.05, 4.69) is 4.52 Å². The molecule has 1 aromatic heterocycles. The number of H-pyrrole nitrogens is 1. The Bertz CT molecular complexity index is 584. The summed E-state index contributed by atoms with van der Waals surface area (Å²) in [6.07, 6.45) is -0.591. The Morgan fingerprint density at radius 3 is 3.05 bits per heavy atom. The van der Waals surface area contributed by atoms with Crippen molar-refractivity contribution in [3.8, 4) is 0 Å². The van der Waals surface area contributed by atoms with Crippen LogP contribution in [0.3, 0.4) is 0 Å². The first-order valence-corrected chi connectivity index (χ1v) is 6.27. The number of nitrogens with one attached hydrogen (secondary N) is 1. The molecular weight excluding hydrogens is 278 g/mol. The smallest absolute Gasteiger partial charge is 0.330 e. The van der Waals surface area contributed by atoms with Gasteiger partial charge in [-0.2, -0.15) is 0 Å². The first-order valence-electron chi connectivity index (χ1n) is 5.54. The molecule has 19 heavy (non-hydrogen) atoms. The molecule has 7 nitrogen and oxygen atoms in total. The summed E-state index contributed by atoms with van der Waals surface area (Å²) >= 11 is 0. The molecule has 2 rings (SSSR count). The van der Waals surface area contributed by atoms with Gasteiger partial charge in [-0.1, -0.05) is 0 Å². The molecule has 1 fully saturated rings. The Labute approximate surface area is 108 Å². The summed E-state index contributed by atoms with van der Waals surface area (Å²) < 4.78 is 35.6. The molecule has 0 aliphatic carbocycles. The van der Waals surface area contributed by atoms with E-state index in [0.717, 1.165) is 10.6 Å². The normalized spacial score (nSPS) is 30.8. The lowest BCUT2D eigenvalue weighted by molar-refractivity contribution is -0.0577. The van der Waals surface area contributed by atoms with E-state index in [-0.39, 0.29) is 13.0 Å². The van der Waals surface area contributed by atoms with Crippen LogP contribution in [0.25, 0.3) is 0 Å². The van der Waals surface area contributed by atoms with Crippen molar-refractivity contribution < 1.29 is 18.2 Å². The number of halogens is 1. The van der Waals surface area contributed by atoms with Gasteiger partial charge < -0.3 is 4.74 Å². The van der Waals surface area contributed by atoms with Gasteiger partial charge in [0.1, 0.15) is 0 Å². The minimum absolute atomic E-state index is 0.00124. The average Bonchev–Trinajstić information content (AvgIpc) is 2.62. The van der Waals surface area contributed by atoms with Crippen LogP contribution in [0, 0.1) is 0 Å². The molecule has 0 aromatic carbocycles. The molecule has 3 atom stereocenters. The van der Waals surface area contributed by atoms with E-state index in [1.54, 1.807) is 0 Å². The summed E-state index contributed by atoms with van der Waals surface area (Å²) in [5.74, 6) is 0. The predicted octanol–water partition coefficient (Wildman–Crippen LogP) is 0.776. The maximum Gasteiger partial charge on any atom is 0.330 e. The predicted molar refractivity (Wildman–Crippen MR) is 62.9 cm³/mol. The number of aromatic nitrogens is 2. The summed E-state index contributed by atoms with van der Waals surface area (Å²) in [6.45, 7) is 1.25. The zero-order valence-electron chi connectivity index (χ0n) is 10.0. The molecule has 0 amide bonds. The third kappa shape index (κ3) is 2.97. The van der Waals surface area contributed by atoms with Crippen LogP contribution in [0.1, 0.15) is 19.6 Å². The van der Waals surface area contributed by atoms with Gasteiger partial charge in [-0.15, -0.1) is 0 Å². The molecule has 2 heterocycles. The summed E-state index contributed by atoms with van der Waals surface area (Å²) in [6, 6.07) is 1.11. The minimum Gasteiger partial charge on any atom is -0.349 e. The van der Waals surface area contributed by atoms with E-state index in [9.17, 15) is 18.5 Å². The molecule has 9 heteroatoms. The fraction of sp³-hybridized carbons (Fsp3) is 0.600. The maximum absolute atomic E-state index is 14.4. The second kappa shape index (κ2) is 5.32. The number of ether oxygens (including phenoxy) is 1. The lowest BCUT2D eigenvalue weighted by Gasteiger charge is -2.22. The van der Waals surface area contributed by atoms with E-state index in [1.807, 2.05) is 4.98 Å². The molecule has 0 unspecified atom stereocenters. The number of rotatable bonds is 4. The highest BCUT2D eigenvalue weighted by Crippen LogP contribution is 2.40. The molecule has 1 aliphatic rings. The number of aromatic amines is 1. The van der Waals surface area contributed by atoms with Gasteiger partial charge in [0.25, 0.3) is 5.56 Å². The number of hydrogen-bond acceptors (Lipinski definition) is 5. The Balaban J connectivity index is 2.26. The molecule has 0 spiro atoms. The van der Waals surface area contributed by atoms with Crippen LogP contribution in [-0.2, 0) is 13.8 Å². The van der Waals surface area contributed by atoms with Crippen molar-refractivity contribution >= 4 is 8.69 Å². The van der Waals surface area contributed by atoms with E-state index in [0.29, 0.717) is 0 Å². The monoisotopic (exact) mass is 290 g/mol. The zero-order chi connectivity index (χ0) is 14.0. The highest BCUT2D eigenvalue weighted by molar-refractivity contribution is 7.17. The standard InChI is InChI=1S/C10H12FN2O5P/c1-10(11)4-6(5-17-19-16)18-8(10)13-3-2-7(14)12-9(13)15/h2-3,6,8H,4-5H2,1H3,(H,12,14,15)/t6-,8+,10+/m0/s1. The lowest BCUT2D eigenvalue weighted by Crippen LogP contribution is -2.38. The van der Waals surface area contributed by atoms with Crippen LogP contribution in [0.5, 0.6) is 0 Å². The minimum atomic E-state index is -1.80. The van der Waals surface area contributed by atoms with Gasteiger partial charge in [0, 0.05) is 18.7 Å². The molecule has 1 N–H and O–H groups in total. The fourth-order valence-electron chi connectivity index (χ4n) is 2.10. The first kappa shape index (κ1) is 14.0. The second-order valence-corrected chi connectivity index (χ2v) is 4.89. The summed E-state index contributed by atoms with van der Waals surface area (Å²) in [4.78, 5) is 24.6. The molecule has 0 radical (unpaired) electrons. The average molecular weight is 290 g/mol. The van der Waals surface area contributed by atoms with E-state index < -0.39 is 37.9 Å². The molecule has 1 aliphatic heterocycles. The van der Waals surface area contributed by atoms with E-state index in [4.69, 9.17) is 4.74 Å². The molecule has 1 saturated heterocycles. The number of hydrogen-bond donors (Lipinski definition) is 1. The van der Waals surface area contributed by atoms with Gasteiger partial charge in [-0.25, -0.2) is 13.8 Å². The molecule has 0 saturated carbocycles. The van der Waals surface area contributed by atoms with Gasteiger partial charge in [-0.05, 0) is 6.92 Å². The molecular formula is C10H12FN2O5P. The number of alkyl halides is 1. The lowest BCUT2D eigenvalue weighted by atomic mass is 10.0. The second-order valence-electron chi connectivity index (χ2n) is 4.48. The highest BCUT2D eigenvalue weighted by Gasteiger charge is 2.47. The summed E-state index contributed by atoms with van der Waals surface area (Å²) in [5, 5.41) is 0. The Morgan fingerprint density at radius 2 is 2.42 bits per heavy atom. The van der Waals surface area contributed by atoms with Gasteiger partial charge in [0.15, 0.2) is 11.9 Å². The van der Waals surface area contributed by atoms with Crippen LogP contribution in [0.4, 0.5) is 4.39 Å². The van der Waals surface area contributed by atoms with Gasteiger partial charge in [0.2, 0.25) is 0 Å².